The van der Waals surface area contributed by atoms with Gasteiger partial charge < -0.3 is 5.32 Å². The van der Waals surface area contributed by atoms with Crippen molar-refractivity contribution in [2.24, 2.45) is 12.5 Å². The van der Waals surface area contributed by atoms with Crippen LogP contribution in [0.4, 0.5) is 10.6 Å². The minimum absolute atomic E-state index is 0.221. The number of carbonyl (C=O) groups is 2. The van der Waals surface area contributed by atoms with Gasteiger partial charge in [-0.1, -0.05) is 12.1 Å². The van der Waals surface area contributed by atoms with Crippen LogP contribution in [0.2, 0.25) is 0 Å². The van der Waals surface area contributed by atoms with Crippen molar-refractivity contribution in [3.63, 3.8) is 0 Å². The molecule has 1 aliphatic carbocycles. The fourth-order valence-electron chi connectivity index (χ4n) is 5.64. The number of nitrogens with zero attached hydrogens (tertiary/aromatic N) is 3. The van der Waals surface area contributed by atoms with E-state index in [4.69, 9.17) is 0 Å². The second-order valence-corrected chi connectivity index (χ2v) is 8.97. The summed E-state index contributed by atoms with van der Waals surface area (Å²) in [7, 11) is 1.96. The maximum absolute atomic E-state index is 12.4. The van der Waals surface area contributed by atoms with Crippen LogP contribution >= 0.6 is 0 Å². The highest BCUT2D eigenvalue weighted by Gasteiger charge is 2.37. The van der Waals surface area contributed by atoms with Crippen LogP contribution < -0.4 is 15.5 Å². The van der Waals surface area contributed by atoms with E-state index in [9.17, 15) is 9.59 Å². The summed E-state index contributed by atoms with van der Waals surface area (Å²) in [5.41, 5.74) is 3.02. The fourth-order valence-corrected chi connectivity index (χ4v) is 5.64. The smallest absolute Gasteiger partial charge is 0.317 e. The monoisotopic (exact) mass is 395 g/mol. The van der Waals surface area contributed by atoms with Gasteiger partial charge in [0.15, 0.2) is 5.82 Å². The Labute approximate surface area is 170 Å². The Morgan fingerprint density at radius 3 is 2.59 bits per heavy atom. The van der Waals surface area contributed by atoms with Crippen molar-refractivity contribution >= 4 is 28.7 Å². The Balaban J connectivity index is 1.45. The van der Waals surface area contributed by atoms with Crippen molar-refractivity contribution in [2.75, 3.05) is 24.5 Å². The quantitative estimate of drug-likeness (QED) is 0.819. The van der Waals surface area contributed by atoms with Gasteiger partial charge in [-0.2, -0.15) is 5.10 Å². The predicted molar refractivity (Wildman–Crippen MR) is 112 cm³/mol. The Bertz CT molecular complexity index is 950. The number of hydrogen-bond acceptors (Lipinski definition) is 4. The lowest BCUT2D eigenvalue weighted by Crippen LogP contribution is -2.49. The number of amides is 3. The second-order valence-electron chi connectivity index (χ2n) is 8.97. The molecule has 0 radical (unpaired) electrons. The van der Waals surface area contributed by atoms with Crippen LogP contribution in [0.3, 0.4) is 0 Å². The van der Waals surface area contributed by atoms with Crippen molar-refractivity contribution in [2.45, 2.75) is 50.9 Å². The molecule has 1 aromatic heterocycles. The van der Waals surface area contributed by atoms with Gasteiger partial charge in [0, 0.05) is 25.4 Å². The summed E-state index contributed by atoms with van der Waals surface area (Å²) in [6.07, 6.45) is 7.97. The number of piperidine rings is 1. The summed E-state index contributed by atoms with van der Waals surface area (Å²) in [4.78, 5) is 25.5. The van der Waals surface area contributed by atoms with Crippen LogP contribution in [0.1, 0.15) is 56.4 Å². The van der Waals surface area contributed by atoms with Crippen molar-refractivity contribution in [1.29, 1.82) is 0 Å². The molecule has 29 heavy (non-hydrogen) atoms. The van der Waals surface area contributed by atoms with Gasteiger partial charge in [-0.3, -0.25) is 19.7 Å². The Morgan fingerprint density at radius 2 is 1.86 bits per heavy atom. The van der Waals surface area contributed by atoms with Gasteiger partial charge in [0.2, 0.25) is 5.91 Å². The number of para-hydroxylation sites is 1. The van der Waals surface area contributed by atoms with E-state index < -0.39 is 0 Å². The van der Waals surface area contributed by atoms with Gasteiger partial charge in [0.1, 0.15) is 0 Å². The van der Waals surface area contributed by atoms with E-state index in [1.54, 1.807) is 4.90 Å². The third kappa shape index (κ3) is 3.21. The molecule has 3 fully saturated rings. The summed E-state index contributed by atoms with van der Waals surface area (Å²) in [6, 6.07) is 5.99. The zero-order valence-electron chi connectivity index (χ0n) is 17.0. The molecule has 0 atom stereocenters. The molecule has 3 aliphatic rings. The molecule has 1 spiro atoms. The summed E-state index contributed by atoms with van der Waals surface area (Å²) in [5.74, 6) is 0.973. The molecule has 5 rings (SSSR count). The van der Waals surface area contributed by atoms with E-state index in [1.807, 2.05) is 17.8 Å². The van der Waals surface area contributed by atoms with Crippen LogP contribution in [-0.4, -0.2) is 41.4 Å². The third-order valence-corrected chi connectivity index (χ3v) is 7.34. The maximum Gasteiger partial charge on any atom is 0.329 e. The number of anilines is 1. The lowest BCUT2D eigenvalue weighted by molar-refractivity contribution is -0.120. The van der Waals surface area contributed by atoms with Gasteiger partial charge in [0.25, 0.3) is 0 Å². The van der Waals surface area contributed by atoms with E-state index in [2.05, 4.69) is 27.9 Å². The summed E-state index contributed by atoms with van der Waals surface area (Å²) >= 11 is 0. The molecular formula is C22H29N5O2. The molecule has 3 heterocycles. The Morgan fingerprint density at radius 1 is 1.10 bits per heavy atom. The largest absolute Gasteiger partial charge is 0.329 e. The minimum Gasteiger partial charge on any atom is -0.317 e. The molecule has 2 aromatic rings. The number of hydrogen-bond donors (Lipinski definition) is 2. The molecule has 0 bridgehead atoms. The number of benzene rings is 1. The van der Waals surface area contributed by atoms with Crippen LogP contribution in [0.15, 0.2) is 18.2 Å². The van der Waals surface area contributed by atoms with E-state index in [1.165, 1.54) is 44.1 Å². The lowest BCUT2D eigenvalue weighted by atomic mass is 9.64. The summed E-state index contributed by atoms with van der Waals surface area (Å²) < 4.78 is 1.92. The van der Waals surface area contributed by atoms with Gasteiger partial charge in [-0.15, -0.1) is 0 Å². The Hall–Kier alpha value is -2.41. The highest BCUT2D eigenvalue weighted by Crippen LogP contribution is 2.49. The summed E-state index contributed by atoms with van der Waals surface area (Å²) in [5, 5.41) is 11.6. The molecular weight excluding hydrogens is 366 g/mol. The molecule has 154 valence electrons. The molecule has 2 N–H and O–H groups in total. The Kier molecular flexibility index (Phi) is 4.57. The zero-order chi connectivity index (χ0) is 20.0. The number of nitrogens with one attached hydrogen (secondary N) is 2. The highest BCUT2D eigenvalue weighted by molar-refractivity contribution is 6.09. The van der Waals surface area contributed by atoms with E-state index >= 15 is 0 Å². The number of carbonyl (C=O) groups excluding carboxylic acids is 2. The number of aromatic nitrogens is 2. The average molecular weight is 396 g/mol. The summed E-state index contributed by atoms with van der Waals surface area (Å²) in [6.45, 7) is 2.69. The molecule has 1 aromatic carbocycles. The highest BCUT2D eigenvalue weighted by atomic mass is 16.2. The van der Waals surface area contributed by atoms with Crippen molar-refractivity contribution in [1.82, 2.24) is 20.4 Å². The number of aryl methyl sites for hydroxylation is 1. The first-order valence-electron chi connectivity index (χ1n) is 10.8. The first-order valence-corrected chi connectivity index (χ1v) is 10.8. The average Bonchev–Trinajstić information content (AvgIpc) is 3.06. The normalized spacial score (nSPS) is 23.0. The van der Waals surface area contributed by atoms with Crippen LogP contribution in [0, 0.1) is 5.41 Å². The van der Waals surface area contributed by atoms with Crippen molar-refractivity contribution < 1.29 is 9.59 Å². The van der Waals surface area contributed by atoms with Crippen molar-refractivity contribution in [3.8, 4) is 0 Å². The zero-order valence-corrected chi connectivity index (χ0v) is 17.0. The number of rotatable bonds is 2. The maximum atomic E-state index is 12.4. The number of urea groups is 1. The molecule has 7 heteroatoms. The molecule has 7 nitrogen and oxygen atoms in total. The van der Waals surface area contributed by atoms with Crippen LogP contribution in [-0.2, 0) is 11.8 Å². The molecule has 0 unspecified atom stereocenters. The predicted octanol–water partition coefficient (Wildman–Crippen LogP) is 3.05. The lowest BCUT2D eigenvalue weighted by Gasteiger charge is -2.43. The molecule has 1 saturated carbocycles. The molecule has 2 saturated heterocycles. The van der Waals surface area contributed by atoms with E-state index in [0.717, 1.165) is 24.0 Å². The first-order chi connectivity index (χ1) is 14.1. The molecule has 2 aliphatic heterocycles. The minimum atomic E-state index is -0.378. The van der Waals surface area contributed by atoms with Crippen LogP contribution in [0.5, 0.6) is 0 Å². The number of imide groups is 1. The van der Waals surface area contributed by atoms with Crippen LogP contribution in [0.25, 0.3) is 10.9 Å². The first kappa shape index (κ1) is 18.6. The van der Waals surface area contributed by atoms with Gasteiger partial charge >= 0.3 is 6.03 Å². The topological polar surface area (TPSA) is 79.3 Å². The van der Waals surface area contributed by atoms with Gasteiger partial charge in [-0.05, 0) is 74.6 Å². The second kappa shape index (κ2) is 7.13. The van der Waals surface area contributed by atoms with Crippen molar-refractivity contribution in [3.05, 3.63) is 23.8 Å². The third-order valence-electron chi connectivity index (χ3n) is 7.34. The van der Waals surface area contributed by atoms with Gasteiger partial charge in [0.05, 0.1) is 5.52 Å². The van der Waals surface area contributed by atoms with Gasteiger partial charge in [-0.25, -0.2) is 4.79 Å². The fraction of sp³-hybridized carbons (Fsp3) is 0.591. The standard InChI is InChI=1S/C22H29N5O2/c1-26-19-16(15-5-8-22(9-6-15)10-12-23-13-11-22)3-2-4-17(19)20(25-26)27-14-7-18(28)24-21(27)29/h2-4,15,23H,5-14H2,1H3,(H,24,28,29). The number of fused-ring (bicyclic) bond motifs is 1. The van der Waals surface area contributed by atoms with E-state index in [-0.39, 0.29) is 11.9 Å². The SMILES string of the molecule is Cn1nc(N2CCC(=O)NC2=O)c2cccc(C3CCC4(CCNCC4)CC3)c21. The van der Waals surface area contributed by atoms with E-state index in [0.29, 0.717) is 30.1 Å². The molecule has 3 amide bonds.